The van der Waals surface area contributed by atoms with E-state index in [4.69, 9.17) is 0 Å². The molecular formula is C9H16O. The lowest BCUT2D eigenvalue weighted by Gasteiger charge is -2.11. The molecule has 1 fully saturated rings. The van der Waals surface area contributed by atoms with E-state index in [1.807, 2.05) is 6.92 Å². The third-order valence-corrected chi connectivity index (χ3v) is 2.65. The van der Waals surface area contributed by atoms with E-state index in [1.165, 1.54) is 0 Å². The first-order chi connectivity index (χ1) is 4.60. The standard InChI is InChI=1S/C9H16O/c1-4-7(2)8(10)9(3)5-6-9/h7H,4-6H2,1-3H3. The molecule has 0 radical (unpaired) electrons. The summed E-state index contributed by atoms with van der Waals surface area (Å²) in [7, 11) is 0. The molecule has 1 aliphatic rings. The van der Waals surface area contributed by atoms with Gasteiger partial charge in [0.25, 0.3) is 0 Å². The van der Waals surface area contributed by atoms with Gasteiger partial charge in [-0.25, -0.2) is 0 Å². The highest BCUT2D eigenvalue weighted by Crippen LogP contribution is 2.47. The maximum absolute atomic E-state index is 11.5. The van der Waals surface area contributed by atoms with E-state index in [0.29, 0.717) is 5.78 Å². The van der Waals surface area contributed by atoms with Gasteiger partial charge < -0.3 is 0 Å². The lowest BCUT2D eigenvalue weighted by atomic mass is 9.91. The van der Waals surface area contributed by atoms with Crippen molar-refractivity contribution in [3.8, 4) is 0 Å². The van der Waals surface area contributed by atoms with Crippen molar-refractivity contribution < 1.29 is 4.79 Å². The van der Waals surface area contributed by atoms with Crippen LogP contribution >= 0.6 is 0 Å². The average molecular weight is 140 g/mol. The molecular weight excluding hydrogens is 124 g/mol. The lowest BCUT2D eigenvalue weighted by molar-refractivity contribution is -0.127. The maximum atomic E-state index is 11.5. The molecule has 0 saturated heterocycles. The Bertz CT molecular complexity index is 145. The SMILES string of the molecule is CCC(C)C(=O)C1(C)CC1. The van der Waals surface area contributed by atoms with Gasteiger partial charge in [0, 0.05) is 11.3 Å². The predicted molar refractivity (Wildman–Crippen MR) is 41.8 cm³/mol. The summed E-state index contributed by atoms with van der Waals surface area (Å²) in [5.41, 5.74) is 0.0927. The Balaban J connectivity index is 2.49. The number of ketones is 1. The third kappa shape index (κ3) is 1.23. The summed E-state index contributed by atoms with van der Waals surface area (Å²) in [5, 5.41) is 0. The van der Waals surface area contributed by atoms with E-state index in [2.05, 4.69) is 13.8 Å². The molecule has 0 spiro atoms. The molecule has 1 rings (SSSR count). The molecule has 1 heteroatoms. The van der Waals surface area contributed by atoms with Gasteiger partial charge in [-0.15, -0.1) is 0 Å². The van der Waals surface area contributed by atoms with Crippen LogP contribution in [0.1, 0.15) is 40.0 Å². The van der Waals surface area contributed by atoms with Crippen LogP contribution in [0.3, 0.4) is 0 Å². The second kappa shape index (κ2) is 2.37. The van der Waals surface area contributed by atoms with Crippen molar-refractivity contribution in [2.75, 3.05) is 0 Å². The van der Waals surface area contributed by atoms with Crippen LogP contribution in [0.2, 0.25) is 0 Å². The van der Waals surface area contributed by atoms with Crippen molar-refractivity contribution in [3.05, 3.63) is 0 Å². The minimum Gasteiger partial charge on any atom is -0.299 e. The Morgan fingerprint density at radius 3 is 2.40 bits per heavy atom. The minimum atomic E-state index is 0.0927. The van der Waals surface area contributed by atoms with Gasteiger partial charge in [-0.3, -0.25) is 4.79 Å². The van der Waals surface area contributed by atoms with Gasteiger partial charge in [0.15, 0.2) is 0 Å². The number of hydrogen-bond donors (Lipinski definition) is 0. The highest BCUT2D eigenvalue weighted by atomic mass is 16.1. The van der Waals surface area contributed by atoms with Crippen molar-refractivity contribution >= 4 is 5.78 Å². The summed E-state index contributed by atoms with van der Waals surface area (Å²) < 4.78 is 0. The Morgan fingerprint density at radius 2 is 2.10 bits per heavy atom. The summed E-state index contributed by atoms with van der Waals surface area (Å²) in [6.07, 6.45) is 3.24. The molecule has 0 heterocycles. The summed E-state index contributed by atoms with van der Waals surface area (Å²) in [6, 6.07) is 0. The normalized spacial score (nSPS) is 23.9. The molecule has 58 valence electrons. The quantitative estimate of drug-likeness (QED) is 0.588. The summed E-state index contributed by atoms with van der Waals surface area (Å²) >= 11 is 0. The van der Waals surface area contributed by atoms with Gasteiger partial charge in [-0.1, -0.05) is 20.8 Å². The van der Waals surface area contributed by atoms with E-state index in [0.717, 1.165) is 19.3 Å². The second-order valence-corrected chi connectivity index (χ2v) is 3.73. The second-order valence-electron chi connectivity index (χ2n) is 3.73. The lowest BCUT2D eigenvalue weighted by Crippen LogP contribution is -2.19. The molecule has 0 amide bonds. The first-order valence-electron chi connectivity index (χ1n) is 4.14. The highest BCUT2D eigenvalue weighted by Gasteiger charge is 2.45. The van der Waals surface area contributed by atoms with Crippen LogP contribution in [0.15, 0.2) is 0 Å². The highest BCUT2D eigenvalue weighted by molar-refractivity contribution is 5.88. The van der Waals surface area contributed by atoms with Crippen molar-refractivity contribution in [2.24, 2.45) is 11.3 Å². The largest absolute Gasteiger partial charge is 0.299 e. The van der Waals surface area contributed by atoms with Crippen molar-refractivity contribution in [1.29, 1.82) is 0 Å². The summed E-state index contributed by atoms with van der Waals surface area (Å²) in [6.45, 7) is 6.20. The smallest absolute Gasteiger partial charge is 0.141 e. The Labute approximate surface area is 62.8 Å². The van der Waals surface area contributed by atoms with Crippen molar-refractivity contribution in [2.45, 2.75) is 40.0 Å². The first-order valence-corrected chi connectivity index (χ1v) is 4.14. The number of Topliss-reactive ketones (excluding diaryl/α,β-unsaturated/α-hetero) is 1. The molecule has 0 aliphatic heterocycles. The zero-order valence-corrected chi connectivity index (χ0v) is 7.11. The molecule has 1 saturated carbocycles. The van der Waals surface area contributed by atoms with Crippen LogP contribution in [0.5, 0.6) is 0 Å². The van der Waals surface area contributed by atoms with Gasteiger partial charge in [0.1, 0.15) is 5.78 Å². The van der Waals surface area contributed by atoms with Crippen LogP contribution < -0.4 is 0 Å². The maximum Gasteiger partial charge on any atom is 0.141 e. The predicted octanol–water partition coefficient (Wildman–Crippen LogP) is 2.40. The van der Waals surface area contributed by atoms with E-state index < -0.39 is 0 Å². The molecule has 0 aromatic rings. The fourth-order valence-corrected chi connectivity index (χ4v) is 1.21. The van der Waals surface area contributed by atoms with Gasteiger partial charge in [-0.05, 0) is 19.3 Å². The van der Waals surface area contributed by atoms with Crippen LogP contribution in [0.4, 0.5) is 0 Å². The molecule has 1 aliphatic carbocycles. The number of carbonyl (C=O) groups is 1. The Kier molecular flexibility index (Phi) is 1.84. The molecule has 10 heavy (non-hydrogen) atoms. The molecule has 0 N–H and O–H groups in total. The van der Waals surface area contributed by atoms with Gasteiger partial charge in [-0.2, -0.15) is 0 Å². The van der Waals surface area contributed by atoms with Crippen LogP contribution in [-0.2, 0) is 4.79 Å². The van der Waals surface area contributed by atoms with Crippen molar-refractivity contribution in [3.63, 3.8) is 0 Å². The van der Waals surface area contributed by atoms with E-state index in [-0.39, 0.29) is 11.3 Å². The van der Waals surface area contributed by atoms with E-state index >= 15 is 0 Å². The molecule has 0 bridgehead atoms. The number of carbonyl (C=O) groups excluding carboxylic acids is 1. The minimum absolute atomic E-state index is 0.0927. The molecule has 0 aromatic carbocycles. The summed E-state index contributed by atoms with van der Waals surface area (Å²) in [4.78, 5) is 11.5. The van der Waals surface area contributed by atoms with Crippen LogP contribution in [0, 0.1) is 11.3 Å². The van der Waals surface area contributed by atoms with Gasteiger partial charge in [0.2, 0.25) is 0 Å². The van der Waals surface area contributed by atoms with Crippen molar-refractivity contribution in [1.82, 2.24) is 0 Å². The molecule has 1 nitrogen and oxygen atoms in total. The number of hydrogen-bond acceptors (Lipinski definition) is 1. The zero-order valence-electron chi connectivity index (χ0n) is 7.11. The molecule has 0 aromatic heterocycles. The summed E-state index contributed by atoms with van der Waals surface area (Å²) in [5.74, 6) is 0.766. The Morgan fingerprint density at radius 1 is 1.60 bits per heavy atom. The van der Waals surface area contributed by atoms with Crippen LogP contribution in [0.25, 0.3) is 0 Å². The van der Waals surface area contributed by atoms with Crippen LogP contribution in [-0.4, -0.2) is 5.78 Å². The van der Waals surface area contributed by atoms with Gasteiger partial charge >= 0.3 is 0 Å². The Hall–Kier alpha value is -0.330. The zero-order chi connectivity index (χ0) is 7.78. The third-order valence-electron chi connectivity index (χ3n) is 2.65. The van der Waals surface area contributed by atoms with E-state index in [9.17, 15) is 4.79 Å². The number of rotatable bonds is 3. The first kappa shape index (κ1) is 7.77. The van der Waals surface area contributed by atoms with Gasteiger partial charge in [0.05, 0.1) is 0 Å². The fourth-order valence-electron chi connectivity index (χ4n) is 1.21. The fraction of sp³-hybridized carbons (Fsp3) is 0.889. The molecule has 1 atom stereocenters. The molecule has 1 unspecified atom stereocenters. The van der Waals surface area contributed by atoms with E-state index in [1.54, 1.807) is 0 Å². The average Bonchev–Trinajstić information content (AvgIpc) is 2.66. The monoisotopic (exact) mass is 140 g/mol. The topological polar surface area (TPSA) is 17.1 Å².